The largest absolute Gasteiger partial charge is 0.375 e. The Morgan fingerprint density at radius 3 is 1.68 bits per heavy atom. The fourth-order valence-electron chi connectivity index (χ4n) is 1.73. The third-order valence-corrected chi connectivity index (χ3v) is 5.64. The predicted molar refractivity (Wildman–Crippen MR) is 125 cm³/mol. The molecule has 0 aliphatic carbocycles. The Labute approximate surface area is 183 Å². The molecule has 0 radical (unpaired) electrons. The van der Waals surface area contributed by atoms with Crippen molar-refractivity contribution >= 4 is 61.2 Å². The summed E-state index contributed by atoms with van der Waals surface area (Å²) in [6.07, 6.45) is 0. The second-order valence-electron chi connectivity index (χ2n) is 6.78. The summed E-state index contributed by atoms with van der Waals surface area (Å²) in [5.74, 6) is 2.09. The Morgan fingerprint density at radius 1 is 0.821 bits per heavy atom. The van der Waals surface area contributed by atoms with E-state index in [4.69, 9.17) is 28.8 Å². The summed E-state index contributed by atoms with van der Waals surface area (Å²) >= 11 is 9.89. The number of halogens is 1. The molecule has 0 aliphatic heterocycles. The second-order valence-corrected chi connectivity index (χ2v) is 10.1. The van der Waals surface area contributed by atoms with Gasteiger partial charge in [-0.2, -0.15) is 4.37 Å². The number of anilines is 3. The number of hydrogen-bond acceptors (Lipinski definition) is 10. The van der Waals surface area contributed by atoms with Gasteiger partial charge in [0.25, 0.3) is 0 Å². The molecule has 0 atom stereocenters. The SMILES string of the molecule is CC(C)c1csc(N)n1.CC(C)c1nc(N)sc1Cl.CC(C)c1nsc(N)n1. The molecule has 6 N–H and O–H groups in total. The van der Waals surface area contributed by atoms with E-state index in [2.05, 4.69) is 33.2 Å². The highest BCUT2D eigenvalue weighted by Gasteiger charge is 2.09. The van der Waals surface area contributed by atoms with E-state index in [1.807, 2.05) is 33.1 Å². The summed E-state index contributed by atoms with van der Waals surface area (Å²) in [6, 6.07) is 0. The van der Waals surface area contributed by atoms with Crippen LogP contribution < -0.4 is 17.2 Å². The van der Waals surface area contributed by atoms with Crippen LogP contribution in [0.1, 0.15) is 76.5 Å². The standard InChI is InChI=1S/C6H9ClN2S.C6H10N2S.C5H9N3S/c1-3(2)4-5(7)10-6(8)9-4;1-4(2)5-3-9-6(7)8-5;1-3(2)4-7-5(6)9-8-4/h3H,1-2H3,(H2,8,9);3-4H,1-2H3,(H2,7,8);3H,1-2H3,(H2,6,7,8). The maximum atomic E-state index is 5.82. The number of nitrogens with zero attached hydrogens (tertiary/aromatic N) is 4. The van der Waals surface area contributed by atoms with Gasteiger partial charge in [-0.05, 0) is 11.8 Å². The molecule has 3 aromatic rings. The van der Waals surface area contributed by atoms with E-state index in [-0.39, 0.29) is 0 Å². The van der Waals surface area contributed by atoms with Crippen molar-refractivity contribution in [1.29, 1.82) is 0 Å². The molecule has 3 heterocycles. The summed E-state index contributed by atoms with van der Waals surface area (Å²) in [5.41, 5.74) is 18.2. The quantitative estimate of drug-likeness (QED) is 0.463. The van der Waals surface area contributed by atoms with Crippen LogP contribution in [-0.4, -0.2) is 19.3 Å². The minimum atomic E-state index is 0.362. The van der Waals surface area contributed by atoms with Crippen LogP contribution in [0.3, 0.4) is 0 Å². The summed E-state index contributed by atoms with van der Waals surface area (Å²) in [6.45, 7) is 12.4. The molecule has 0 aromatic carbocycles. The lowest BCUT2D eigenvalue weighted by molar-refractivity contribution is 0.800. The van der Waals surface area contributed by atoms with E-state index in [0.29, 0.717) is 37.5 Å². The number of rotatable bonds is 3. The molecule has 0 fully saturated rings. The van der Waals surface area contributed by atoms with E-state index < -0.39 is 0 Å². The van der Waals surface area contributed by atoms with E-state index in [0.717, 1.165) is 17.2 Å². The fourth-order valence-corrected chi connectivity index (χ4v) is 4.24. The molecule has 0 saturated carbocycles. The molecule has 0 aliphatic rings. The van der Waals surface area contributed by atoms with Gasteiger partial charge in [-0.3, -0.25) is 0 Å². The zero-order chi connectivity index (χ0) is 21.4. The van der Waals surface area contributed by atoms with Crippen LogP contribution in [0.15, 0.2) is 5.38 Å². The second kappa shape index (κ2) is 11.5. The highest BCUT2D eigenvalue weighted by atomic mass is 35.5. The van der Waals surface area contributed by atoms with Crippen molar-refractivity contribution in [1.82, 2.24) is 19.3 Å². The highest BCUT2D eigenvalue weighted by Crippen LogP contribution is 2.30. The van der Waals surface area contributed by atoms with Gasteiger partial charge in [-0.1, -0.05) is 64.5 Å². The maximum Gasteiger partial charge on any atom is 0.199 e. The molecule has 156 valence electrons. The van der Waals surface area contributed by atoms with Gasteiger partial charge in [-0.25, -0.2) is 15.0 Å². The molecule has 0 spiro atoms. The van der Waals surface area contributed by atoms with Crippen molar-refractivity contribution in [2.24, 2.45) is 0 Å². The molecule has 0 unspecified atom stereocenters. The first kappa shape index (κ1) is 24.5. The van der Waals surface area contributed by atoms with Gasteiger partial charge >= 0.3 is 0 Å². The third kappa shape index (κ3) is 8.26. The molecule has 0 saturated heterocycles. The Kier molecular flexibility index (Phi) is 10.1. The predicted octanol–water partition coefficient (Wildman–Crippen LogP) is 5.59. The first-order valence-corrected chi connectivity index (χ1v) is 11.6. The first-order chi connectivity index (χ1) is 13.0. The van der Waals surface area contributed by atoms with E-state index in [9.17, 15) is 0 Å². The maximum absolute atomic E-state index is 5.82. The van der Waals surface area contributed by atoms with E-state index in [1.54, 1.807) is 0 Å². The number of nitrogen functional groups attached to an aromatic ring is 3. The molecule has 0 bridgehead atoms. The van der Waals surface area contributed by atoms with Crippen molar-refractivity contribution in [3.05, 3.63) is 26.9 Å². The van der Waals surface area contributed by atoms with Crippen molar-refractivity contribution < 1.29 is 0 Å². The lowest BCUT2D eigenvalue weighted by Gasteiger charge is -1.97. The molecule has 0 amide bonds. The van der Waals surface area contributed by atoms with E-state index in [1.165, 1.54) is 34.2 Å². The van der Waals surface area contributed by atoms with Crippen LogP contribution in [0.2, 0.25) is 4.34 Å². The Bertz CT molecular complexity index is 795. The zero-order valence-corrected chi connectivity index (χ0v) is 20.1. The summed E-state index contributed by atoms with van der Waals surface area (Å²) < 4.78 is 4.74. The van der Waals surface area contributed by atoms with Crippen LogP contribution in [0.4, 0.5) is 15.4 Å². The van der Waals surface area contributed by atoms with Crippen LogP contribution in [-0.2, 0) is 0 Å². The number of hydrogen-bond donors (Lipinski definition) is 3. The van der Waals surface area contributed by atoms with Crippen molar-refractivity contribution in [2.75, 3.05) is 17.2 Å². The van der Waals surface area contributed by atoms with Gasteiger partial charge in [-0.15, -0.1) is 11.3 Å². The van der Waals surface area contributed by atoms with Crippen LogP contribution in [0, 0.1) is 0 Å². The van der Waals surface area contributed by atoms with E-state index >= 15 is 0 Å². The Morgan fingerprint density at radius 2 is 1.46 bits per heavy atom. The Balaban J connectivity index is 0.000000210. The van der Waals surface area contributed by atoms with Crippen LogP contribution in [0.25, 0.3) is 0 Å². The van der Waals surface area contributed by atoms with Crippen LogP contribution in [0.5, 0.6) is 0 Å². The van der Waals surface area contributed by atoms with Crippen molar-refractivity contribution in [3.8, 4) is 0 Å². The number of thiazole rings is 2. The van der Waals surface area contributed by atoms with Crippen LogP contribution >= 0.6 is 45.8 Å². The minimum Gasteiger partial charge on any atom is -0.375 e. The average Bonchev–Trinajstić information content (AvgIpc) is 3.29. The van der Waals surface area contributed by atoms with Gasteiger partial charge in [0.05, 0.1) is 11.4 Å². The monoisotopic (exact) mass is 461 g/mol. The topological polar surface area (TPSA) is 130 Å². The third-order valence-electron chi connectivity index (χ3n) is 3.28. The number of nitrogens with two attached hydrogens (primary N) is 3. The molecular formula is C17H28ClN7S3. The number of aromatic nitrogens is 4. The lowest BCUT2D eigenvalue weighted by Crippen LogP contribution is -1.90. The van der Waals surface area contributed by atoms with Gasteiger partial charge < -0.3 is 17.2 Å². The normalized spacial score (nSPS) is 10.6. The molecule has 3 aromatic heterocycles. The average molecular weight is 462 g/mol. The molecule has 3 rings (SSSR count). The van der Waals surface area contributed by atoms with Gasteiger partial charge in [0.1, 0.15) is 10.2 Å². The summed E-state index contributed by atoms with van der Waals surface area (Å²) in [7, 11) is 0. The summed E-state index contributed by atoms with van der Waals surface area (Å²) in [5, 5.41) is 3.77. The molecule has 28 heavy (non-hydrogen) atoms. The molecule has 11 heteroatoms. The Hall–Kier alpha value is -1.49. The lowest BCUT2D eigenvalue weighted by atomic mass is 10.2. The van der Waals surface area contributed by atoms with Gasteiger partial charge in [0, 0.05) is 22.8 Å². The minimum absolute atomic E-state index is 0.362. The van der Waals surface area contributed by atoms with Crippen molar-refractivity contribution in [2.45, 2.75) is 59.3 Å². The van der Waals surface area contributed by atoms with Gasteiger partial charge in [0.2, 0.25) is 0 Å². The smallest absolute Gasteiger partial charge is 0.199 e. The summed E-state index contributed by atoms with van der Waals surface area (Å²) in [4.78, 5) is 12.2. The first-order valence-electron chi connectivity index (χ1n) is 8.72. The molecule has 7 nitrogen and oxygen atoms in total. The zero-order valence-electron chi connectivity index (χ0n) is 16.9. The van der Waals surface area contributed by atoms with Crippen molar-refractivity contribution in [3.63, 3.8) is 0 Å². The molecular weight excluding hydrogens is 434 g/mol. The fraction of sp³-hybridized carbons (Fsp3) is 0.529. The highest BCUT2D eigenvalue weighted by molar-refractivity contribution is 7.19. The van der Waals surface area contributed by atoms with Gasteiger partial charge in [0.15, 0.2) is 15.4 Å².